The molecule has 5 nitrogen and oxygen atoms in total. The predicted molar refractivity (Wildman–Crippen MR) is 97.9 cm³/mol. The smallest absolute Gasteiger partial charge is 0.354 e. The van der Waals surface area contributed by atoms with Crippen LogP contribution >= 0.6 is 45.9 Å². The Morgan fingerprint density at radius 2 is 2.12 bits per heavy atom. The zero-order valence-corrected chi connectivity index (χ0v) is 16.0. The van der Waals surface area contributed by atoms with Crippen molar-refractivity contribution < 1.29 is 9.90 Å². The van der Waals surface area contributed by atoms with Gasteiger partial charge in [0.2, 0.25) is 0 Å². The van der Waals surface area contributed by atoms with E-state index in [-0.39, 0.29) is 5.69 Å². The predicted octanol–water partition coefficient (Wildman–Crippen LogP) is 4.99. The molecule has 0 radical (unpaired) electrons. The molecule has 0 saturated carbocycles. The second kappa shape index (κ2) is 6.84. The molecular formula is C15H13Cl2N3O2S2. The van der Waals surface area contributed by atoms with Crippen LogP contribution in [0.25, 0.3) is 10.7 Å². The Morgan fingerprint density at radius 1 is 1.38 bits per heavy atom. The maximum absolute atomic E-state index is 11.7. The van der Waals surface area contributed by atoms with E-state index in [0.717, 1.165) is 21.9 Å². The highest BCUT2D eigenvalue weighted by atomic mass is 35.5. The third-order valence-electron chi connectivity index (χ3n) is 3.48. The van der Waals surface area contributed by atoms with Crippen molar-refractivity contribution in [1.29, 1.82) is 0 Å². The average molecular weight is 402 g/mol. The van der Waals surface area contributed by atoms with Crippen LogP contribution in [0.5, 0.6) is 0 Å². The lowest BCUT2D eigenvalue weighted by Gasteiger charge is -2.08. The van der Waals surface area contributed by atoms with Crippen LogP contribution in [0.3, 0.4) is 0 Å². The Morgan fingerprint density at radius 3 is 2.67 bits per heavy atom. The molecule has 126 valence electrons. The first-order valence-corrected chi connectivity index (χ1v) is 9.48. The van der Waals surface area contributed by atoms with Crippen LogP contribution in [0.4, 0.5) is 0 Å². The number of imidazole rings is 1. The van der Waals surface area contributed by atoms with E-state index in [9.17, 15) is 9.90 Å². The molecule has 3 aromatic heterocycles. The van der Waals surface area contributed by atoms with Crippen molar-refractivity contribution in [2.24, 2.45) is 0 Å². The van der Waals surface area contributed by atoms with Crippen LogP contribution in [0.1, 0.15) is 33.7 Å². The Kier molecular flexibility index (Phi) is 4.96. The third-order valence-corrected chi connectivity index (χ3v) is 6.18. The van der Waals surface area contributed by atoms with Crippen LogP contribution in [0, 0.1) is 6.92 Å². The van der Waals surface area contributed by atoms with Crippen LogP contribution in [0.15, 0.2) is 12.3 Å². The summed E-state index contributed by atoms with van der Waals surface area (Å²) in [7, 11) is 0. The van der Waals surface area contributed by atoms with Crippen molar-refractivity contribution in [2.75, 3.05) is 0 Å². The first-order chi connectivity index (χ1) is 11.4. The van der Waals surface area contributed by atoms with E-state index >= 15 is 0 Å². The van der Waals surface area contributed by atoms with E-state index in [1.165, 1.54) is 22.7 Å². The molecule has 9 heteroatoms. The average Bonchev–Trinajstić information content (AvgIpc) is 3.17. The fourth-order valence-electron chi connectivity index (χ4n) is 2.42. The standard InChI is InChI=1S/C15H13Cl2N3O2S2/c1-3-11-18-5-9(23-11)14-19-7(2)12(15(21)22)20(14)6-8-4-10(16)24-13(8)17/h4-5H,3,6H2,1-2H3,(H,21,22). The zero-order chi connectivity index (χ0) is 17.4. The van der Waals surface area contributed by atoms with E-state index in [0.29, 0.717) is 26.7 Å². The van der Waals surface area contributed by atoms with Gasteiger partial charge in [-0.15, -0.1) is 22.7 Å². The number of carbonyl (C=O) groups is 1. The number of thiophene rings is 1. The second-order valence-electron chi connectivity index (χ2n) is 5.08. The topological polar surface area (TPSA) is 68.0 Å². The monoisotopic (exact) mass is 401 g/mol. The fourth-order valence-corrected chi connectivity index (χ4v) is 4.74. The normalized spacial score (nSPS) is 11.2. The summed E-state index contributed by atoms with van der Waals surface area (Å²) in [5.41, 5.74) is 1.38. The van der Waals surface area contributed by atoms with Gasteiger partial charge in [-0.05, 0) is 19.4 Å². The number of aromatic carboxylic acids is 1. The van der Waals surface area contributed by atoms with E-state index in [4.69, 9.17) is 23.2 Å². The first-order valence-electron chi connectivity index (χ1n) is 7.09. The Bertz CT molecular complexity index is 914. The molecule has 0 aliphatic rings. The van der Waals surface area contributed by atoms with E-state index in [1.54, 1.807) is 23.8 Å². The number of rotatable bonds is 5. The molecule has 0 amide bonds. The minimum absolute atomic E-state index is 0.148. The van der Waals surface area contributed by atoms with Gasteiger partial charge in [0.05, 0.1) is 30.8 Å². The van der Waals surface area contributed by atoms with Crippen molar-refractivity contribution in [3.8, 4) is 10.7 Å². The number of aryl methyl sites for hydroxylation is 2. The van der Waals surface area contributed by atoms with Crippen LogP contribution in [0.2, 0.25) is 8.67 Å². The highest BCUT2D eigenvalue weighted by Crippen LogP contribution is 2.34. The number of thiazole rings is 1. The minimum Gasteiger partial charge on any atom is -0.477 e. The highest BCUT2D eigenvalue weighted by Gasteiger charge is 2.23. The molecule has 3 aromatic rings. The molecule has 1 N–H and O–H groups in total. The van der Waals surface area contributed by atoms with Crippen molar-refractivity contribution in [2.45, 2.75) is 26.8 Å². The second-order valence-corrected chi connectivity index (χ2v) is 8.48. The van der Waals surface area contributed by atoms with Crippen LogP contribution in [-0.2, 0) is 13.0 Å². The van der Waals surface area contributed by atoms with Crippen LogP contribution < -0.4 is 0 Å². The largest absolute Gasteiger partial charge is 0.477 e. The number of carboxylic acids is 1. The lowest BCUT2D eigenvalue weighted by atomic mass is 10.3. The summed E-state index contributed by atoms with van der Waals surface area (Å²) in [5.74, 6) is -0.440. The van der Waals surface area contributed by atoms with E-state index < -0.39 is 5.97 Å². The van der Waals surface area contributed by atoms with Gasteiger partial charge in [-0.1, -0.05) is 30.1 Å². The molecular weight excluding hydrogens is 389 g/mol. The molecule has 0 spiro atoms. The molecule has 0 aromatic carbocycles. The van der Waals surface area contributed by atoms with E-state index in [2.05, 4.69) is 9.97 Å². The maximum atomic E-state index is 11.7. The van der Waals surface area contributed by atoms with Gasteiger partial charge in [0.25, 0.3) is 0 Å². The van der Waals surface area contributed by atoms with Gasteiger partial charge >= 0.3 is 5.97 Å². The molecule has 0 unspecified atom stereocenters. The summed E-state index contributed by atoms with van der Waals surface area (Å²) >= 11 is 15.0. The lowest BCUT2D eigenvalue weighted by molar-refractivity contribution is 0.0685. The minimum atomic E-state index is -1.02. The fraction of sp³-hybridized carbons (Fsp3) is 0.267. The number of hydrogen-bond donors (Lipinski definition) is 1. The number of aromatic nitrogens is 3. The van der Waals surface area contributed by atoms with Gasteiger partial charge in [-0.2, -0.15) is 0 Å². The number of carboxylic acid groups (broad SMARTS) is 1. The van der Waals surface area contributed by atoms with Gasteiger partial charge in [0.15, 0.2) is 11.5 Å². The van der Waals surface area contributed by atoms with Crippen molar-refractivity contribution in [1.82, 2.24) is 14.5 Å². The third kappa shape index (κ3) is 3.21. The van der Waals surface area contributed by atoms with Gasteiger partial charge < -0.3 is 9.67 Å². The van der Waals surface area contributed by atoms with Crippen molar-refractivity contribution in [3.05, 3.63) is 42.9 Å². The number of nitrogens with zero attached hydrogens (tertiary/aromatic N) is 3. The molecule has 0 aliphatic heterocycles. The number of hydrogen-bond acceptors (Lipinski definition) is 5. The van der Waals surface area contributed by atoms with Gasteiger partial charge in [-0.3, -0.25) is 0 Å². The van der Waals surface area contributed by atoms with Crippen LogP contribution in [-0.4, -0.2) is 25.6 Å². The Balaban J connectivity index is 2.14. The Hall–Kier alpha value is -1.41. The molecule has 0 saturated heterocycles. The summed E-state index contributed by atoms with van der Waals surface area (Å²) in [6.45, 7) is 4.00. The molecule has 0 bridgehead atoms. The van der Waals surface area contributed by atoms with Crippen molar-refractivity contribution >= 4 is 51.8 Å². The van der Waals surface area contributed by atoms with Gasteiger partial charge in [0, 0.05) is 11.8 Å². The molecule has 24 heavy (non-hydrogen) atoms. The molecule has 0 fully saturated rings. The molecule has 3 heterocycles. The first kappa shape index (κ1) is 17.4. The summed E-state index contributed by atoms with van der Waals surface area (Å²) < 4.78 is 2.78. The van der Waals surface area contributed by atoms with E-state index in [1.807, 2.05) is 6.92 Å². The quantitative estimate of drug-likeness (QED) is 0.653. The SMILES string of the molecule is CCc1ncc(-c2nc(C)c(C(=O)O)n2Cc2cc(Cl)sc2Cl)s1. The summed E-state index contributed by atoms with van der Waals surface area (Å²) in [4.78, 5) is 21.3. The highest BCUT2D eigenvalue weighted by molar-refractivity contribution is 7.20. The van der Waals surface area contributed by atoms with Gasteiger partial charge in [-0.25, -0.2) is 14.8 Å². The lowest BCUT2D eigenvalue weighted by Crippen LogP contribution is -2.11. The van der Waals surface area contributed by atoms with Gasteiger partial charge in [0.1, 0.15) is 0 Å². The maximum Gasteiger partial charge on any atom is 0.354 e. The molecule has 3 rings (SSSR count). The Labute approximate surface area is 156 Å². The summed E-state index contributed by atoms with van der Waals surface area (Å²) in [6.07, 6.45) is 2.55. The molecule has 0 aliphatic carbocycles. The molecule has 0 atom stereocenters. The number of halogens is 2. The summed E-state index contributed by atoms with van der Waals surface area (Å²) in [6, 6.07) is 1.75. The summed E-state index contributed by atoms with van der Waals surface area (Å²) in [5, 5.41) is 10.6. The van der Waals surface area contributed by atoms with Crippen molar-refractivity contribution in [3.63, 3.8) is 0 Å². The zero-order valence-electron chi connectivity index (χ0n) is 12.8.